The Kier molecular flexibility index (Phi) is 9.32. The lowest BCUT2D eigenvalue weighted by Crippen LogP contribution is -2.41. The summed E-state index contributed by atoms with van der Waals surface area (Å²) in [5, 5.41) is 5.36. The van der Waals surface area contributed by atoms with E-state index in [1.54, 1.807) is 18.3 Å². The van der Waals surface area contributed by atoms with Gasteiger partial charge >= 0.3 is 0 Å². The minimum atomic E-state index is -3.80. The van der Waals surface area contributed by atoms with Gasteiger partial charge in [-0.1, -0.05) is 82.5 Å². The zero-order valence-electron chi connectivity index (χ0n) is 22.2. The highest BCUT2D eigenvalue weighted by molar-refractivity contribution is 7.89. The van der Waals surface area contributed by atoms with Gasteiger partial charge in [0, 0.05) is 5.56 Å². The SMILES string of the molecule is CC(C)(C)[Si](C)(C)OC(CCCCCCc1ccccc1)c1ncc(-c2cccc(S(N)(=O)=O)c2)o1. The van der Waals surface area contributed by atoms with Crippen LogP contribution in [0.3, 0.4) is 0 Å². The molecule has 3 rings (SSSR count). The number of rotatable bonds is 12. The zero-order chi connectivity index (χ0) is 26.4. The van der Waals surface area contributed by atoms with E-state index < -0.39 is 18.3 Å². The van der Waals surface area contributed by atoms with Crippen LogP contribution < -0.4 is 5.14 Å². The Morgan fingerprint density at radius 2 is 1.69 bits per heavy atom. The molecule has 0 radical (unpaired) electrons. The fourth-order valence-corrected chi connectivity index (χ4v) is 5.66. The Labute approximate surface area is 217 Å². The lowest BCUT2D eigenvalue weighted by Gasteiger charge is -2.38. The monoisotopic (exact) mass is 528 g/mol. The van der Waals surface area contributed by atoms with Crippen LogP contribution in [0.15, 0.2) is 70.1 Å². The molecule has 0 saturated carbocycles. The van der Waals surface area contributed by atoms with Gasteiger partial charge in [0.15, 0.2) is 14.1 Å². The molecule has 0 fully saturated rings. The summed E-state index contributed by atoms with van der Waals surface area (Å²) in [6.07, 6.45) is 7.80. The fraction of sp³-hybridized carbons (Fsp3) is 0.464. The van der Waals surface area contributed by atoms with Crippen LogP contribution in [0.25, 0.3) is 11.3 Å². The Morgan fingerprint density at radius 1 is 1.00 bits per heavy atom. The number of aromatic nitrogens is 1. The number of nitrogens with two attached hydrogens (primary N) is 1. The van der Waals surface area contributed by atoms with Crippen molar-refractivity contribution < 1.29 is 17.3 Å². The molecule has 36 heavy (non-hydrogen) atoms. The molecular weight excluding hydrogens is 488 g/mol. The highest BCUT2D eigenvalue weighted by atomic mass is 32.2. The second-order valence-corrected chi connectivity index (χ2v) is 17.3. The summed E-state index contributed by atoms with van der Waals surface area (Å²) < 4.78 is 36.4. The number of primary sulfonamides is 1. The van der Waals surface area contributed by atoms with Gasteiger partial charge in [-0.05, 0) is 55.1 Å². The molecule has 0 aliphatic heterocycles. The first kappa shape index (κ1) is 28.3. The largest absolute Gasteiger partial charge is 0.438 e. The predicted octanol–water partition coefficient (Wildman–Crippen LogP) is 7.25. The first-order valence-electron chi connectivity index (χ1n) is 12.7. The number of hydrogen-bond donors (Lipinski definition) is 1. The van der Waals surface area contributed by atoms with Gasteiger partial charge in [0.2, 0.25) is 15.9 Å². The summed E-state index contributed by atoms with van der Waals surface area (Å²) in [7, 11) is -5.87. The zero-order valence-corrected chi connectivity index (χ0v) is 24.0. The van der Waals surface area contributed by atoms with E-state index in [1.807, 2.05) is 0 Å². The number of unbranched alkanes of at least 4 members (excludes halogenated alkanes) is 3. The summed E-state index contributed by atoms with van der Waals surface area (Å²) in [6, 6.07) is 17.0. The lowest BCUT2D eigenvalue weighted by molar-refractivity contribution is 0.139. The molecule has 2 aromatic carbocycles. The van der Waals surface area contributed by atoms with E-state index in [2.05, 4.69) is 69.2 Å². The van der Waals surface area contributed by atoms with E-state index in [0.717, 1.165) is 25.7 Å². The highest BCUT2D eigenvalue weighted by Gasteiger charge is 2.40. The highest BCUT2D eigenvalue weighted by Crippen LogP contribution is 2.41. The molecule has 6 nitrogen and oxygen atoms in total. The fourth-order valence-electron chi connectivity index (χ4n) is 3.82. The van der Waals surface area contributed by atoms with Crippen LogP contribution in [0.5, 0.6) is 0 Å². The maximum Gasteiger partial charge on any atom is 0.238 e. The topological polar surface area (TPSA) is 95.4 Å². The van der Waals surface area contributed by atoms with E-state index in [0.29, 0.717) is 17.2 Å². The first-order chi connectivity index (χ1) is 16.9. The molecule has 0 saturated heterocycles. The van der Waals surface area contributed by atoms with Gasteiger partial charge in [-0.25, -0.2) is 18.5 Å². The van der Waals surface area contributed by atoms with E-state index in [4.69, 9.17) is 14.0 Å². The van der Waals surface area contributed by atoms with Crippen molar-refractivity contribution in [3.63, 3.8) is 0 Å². The Bertz CT molecular complexity index is 1220. The van der Waals surface area contributed by atoms with Crippen molar-refractivity contribution in [1.82, 2.24) is 4.98 Å². The molecule has 196 valence electrons. The van der Waals surface area contributed by atoms with Gasteiger partial charge in [0.1, 0.15) is 6.10 Å². The molecule has 3 aromatic rings. The van der Waals surface area contributed by atoms with Crippen LogP contribution in [-0.4, -0.2) is 21.7 Å². The quantitative estimate of drug-likeness (QED) is 0.197. The third-order valence-electron chi connectivity index (χ3n) is 7.01. The van der Waals surface area contributed by atoms with E-state index in [1.165, 1.54) is 30.5 Å². The van der Waals surface area contributed by atoms with Gasteiger partial charge in [-0.15, -0.1) is 0 Å². The maximum absolute atomic E-state index is 11.8. The first-order valence-corrected chi connectivity index (χ1v) is 17.1. The summed E-state index contributed by atoms with van der Waals surface area (Å²) in [5.74, 6) is 1.04. The minimum Gasteiger partial charge on any atom is -0.438 e. The second-order valence-electron chi connectivity index (χ2n) is 10.9. The normalized spacial score (nSPS) is 13.6. The van der Waals surface area contributed by atoms with Crippen molar-refractivity contribution in [2.24, 2.45) is 5.14 Å². The van der Waals surface area contributed by atoms with E-state index in [-0.39, 0.29) is 16.0 Å². The number of nitrogens with zero attached hydrogens (tertiary/aromatic N) is 1. The van der Waals surface area contributed by atoms with Crippen molar-refractivity contribution in [1.29, 1.82) is 0 Å². The lowest BCUT2D eigenvalue weighted by atomic mass is 10.0. The van der Waals surface area contributed by atoms with Crippen LogP contribution >= 0.6 is 0 Å². The van der Waals surface area contributed by atoms with Crippen LogP contribution in [0.4, 0.5) is 0 Å². The molecule has 1 unspecified atom stereocenters. The third kappa shape index (κ3) is 7.87. The van der Waals surface area contributed by atoms with E-state index >= 15 is 0 Å². The number of hydrogen-bond acceptors (Lipinski definition) is 5. The molecule has 0 aliphatic rings. The Morgan fingerprint density at radius 3 is 2.36 bits per heavy atom. The Hall–Kier alpha value is -2.26. The summed E-state index contributed by atoms with van der Waals surface area (Å²) in [5.41, 5.74) is 2.00. The smallest absolute Gasteiger partial charge is 0.238 e. The van der Waals surface area contributed by atoms with Gasteiger partial charge in [-0.3, -0.25) is 0 Å². The van der Waals surface area contributed by atoms with E-state index in [9.17, 15) is 8.42 Å². The maximum atomic E-state index is 11.8. The number of aryl methyl sites for hydroxylation is 1. The number of sulfonamides is 1. The van der Waals surface area contributed by atoms with Crippen molar-refractivity contribution in [2.75, 3.05) is 0 Å². The summed E-state index contributed by atoms with van der Waals surface area (Å²) in [4.78, 5) is 4.60. The molecule has 0 amide bonds. The second kappa shape index (κ2) is 11.9. The average molecular weight is 529 g/mol. The number of oxazole rings is 1. The van der Waals surface area contributed by atoms with Crippen molar-refractivity contribution in [2.45, 2.75) is 88.4 Å². The van der Waals surface area contributed by atoms with Gasteiger partial charge in [0.05, 0.1) is 11.1 Å². The molecule has 0 bridgehead atoms. The standard InChI is InChI=1S/C28H40N2O4SSi/c1-28(2,3)36(4,5)34-25(19-12-7-6-9-14-22-15-10-8-11-16-22)27-30-21-26(33-27)23-17-13-18-24(20-23)35(29,31)32/h8,10-11,13,15-18,20-21,25H,6-7,9,12,14,19H2,1-5H3,(H2,29,31,32). The Balaban J connectivity index is 1.69. The van der Waals surface area contributed by atoms with Crippen LogP contribution in [0, 0.1) is 0 Å². The minimum absolute atomic E-state index is 0.0440. The van der Waals surface area contributed by atoms with Crippen LogP contribution in [-0.2, 0) is 20.9 Å². The molecule has 0 aliphatic carbocycles. The molecule has 1 heterocycles. The molecule has 1 atom stereocenters. The van der Waals surface area contributed by atoms with Crippen LogP contribution in [0.2, 0.25) is 18.1 Å². The molecule has 0 spiro atoms. The van der Waals surface area contributed by atoms with Crippen molar-refractivity contribution >= 4 is 18.3 Å². The van der Waals surface area contributed by atoms with Gasteiger partial charge in [0.25, 0.3) is 0 Å². The van der Waals surface area contributed by atoms with Gasteiger partial charge in [-0.2, -0.15) is 0 Å². The number of benzene rings is 2. The van der Waals surface area contributed by atoms with Crippen LogP contribution in [0.1, 0.15) is 70.4 Å². The average Bonchev–Trinajstić information content (AvgIpc) is 3.30. The molecule has 1 aromatic heterocycles. The molecule has 2 N–H and O–H groups in total. The molecular formula is C28H40N2O4SSi. The summed E-state index contributed by atoms with van der Waals surface area (Å²) in [6.45, 7) is 11.1. The van der Waals surface area contributed by atoms with Gasteiger partial charge < -0.3 is 8.84 Å². The predicted molar refractivity (Wildman–Crippen MR) is 148 cm³/mol. The van der Waals surface area contributed by atoms with Crippen molar-refractivity contribution in [3.05, 3.63) is 72.2 Å². The van der Waals surface area contributed by atoms with Crippen molar-refractivity contribution in [3.8, 4) is 11.3 Å². The molecule has 8 heteroatoms. The summed E-state index contributed by atoms with van der Waals surface area (Å²) >= 11 is 0. The third-order valence-corrected chi connectivity index (χ3v) is 12.4.